The number of carbonyl (C=O) groups is 1. The summed E-state index contributed by atoms with van der Waals surface area (Å²) in [6.45, 7) is 1.29. The molecule has 1 N–H and O–H groups in total. The quantitative estimate of drug-likeness (QED) is 0.557. The van der Waals surface area contributed by atoms with Gasteiger partial charge in [0, 0.05) is 31.8 Å². The van der Waals surface area contributed by atoms with Crippen LogP contribution in [0.2, 0.25) is 0 Å². The second kappa shape index (κ2) is 2.46. The van der Waals surface area contributed by atoms with E-state index in [1.807, 2.05) is 0 Å². The van der Waals surface area contributed by atoms with Crippen molar-refractivity contribution < 1.29 is 14.4 Å². The number of esters is 1. The average molecular weight is 206 g/mol. The molecule has 0 amide bonds. The molecule has 3 heteroatoms. The van der Waals surface area contributed by atoms with Crippen LogP contribution in [0.3, 0.4) is 0 Å². The van der Waals surface area contributed by atoms with E-state index in [2.05, 4.69) is 0 Å². The lowest BCUT2D eigenvalue weighted by Gasteiger charge is -2.30. The highest BCUT2D eigenvalue weighted by Gasteiger charge is 2.65. The van der Waals surface area contributed by atoms with Gasteiger partial charge in [0.1, 0.15) is 6.04 Å². The molecule has 3 aliphatic heterocycles. The van der Waals surface area contributed by atoms with Crippen molar-refractivity contribution in [3.05, 3.63) is 11.6 Å². The average Bonchev–Trinajstić information content (AvgIpc) is 2.82. The van der Waals surface area contributed by atoms with Crippen LogP contribution in [0.25, 0.3) is 0 Å². The molecular formula is C12H16NO2+. The van der Waals surface area contributed by atoms with Gasteiger partial charge in [0.2, 0.25) is 0 Å². The van der Waals surface area contributed by atoms with E-state index in [-0.39, 0.29) is 11.6 Å². The molecule has 15 heavy (non-hydrogen) atoms. The van der Waals surface area contributed by atoms with E-state index in [4.69, 9.17) is 4.74 Å². The van der Waals surface area contributed by atoms with Crippen LogP contribution < -0.4 is 4.90 Å². The molecule has 1 aliphatic carbocycles. The molecule has 0 aromatic carbocycles. The molecule has 4 unspecified atom stereocenters. The smallest absolute Gasteiger partial charge is 0.331 e. The zero-order valence-corrected chi connectivity index (χ0v) is 8.79. The van der Waals surface area contributed by atoms with Crippen LogP contribution in [-0.4, -0.2) is 30.2 Å². The molecule has 0 aromatic rings. The Balaban J connectivity index is 1.85. The van der Waals surface area contributed by atoms with Gasteiger partial charge in [-0.15, -0.1) is 0 Å². The number of hydrogen-bond donors (Lipinski definition) is 1. The normalized spacial score (nSPS) is 51.1. The molecule has 4 aliphatic rings. The molecule has 3 heterocycles. The van der Waals surface area contributed by atoms with Crippen molar-refractivity contribution in [1.82, 2.24) is 0 Å². The third-order valence-electron chi connectivity index (χ3n) is 4.92. The van der Waals surface area contributed by atoms with Crippen molar-refractivity contribution in [2.75, 3.05) is 6.54 Å². The van der Waals surface area contributed by atoms with Crippen LogP contribution in [0.15, 0.2) is 11.6 Å². The molecule has 3 fully saturated rings. The minimum atomic E-state index is -0.147. The molecule has 80 valence electrons. The van der Waals surface area contributed by atoms with E-state index in [1.54, 1.807) is 11.0 Å². The minimum absolute atomic E-state index is 0.0844. The van der Waals surface area contributed by atoms with Gasteiger partial charge in [0.25, 0.3) is 0 Å². The van der Waals surface area contributed by atoms with Crippen LogP contribution >= 0.6 is 0 Å². The SMILES string of the molecule is O=C1C=C2CCC3CC2(O1)C1CCC[NH+]31. The van der Waals surface area contributed by atoms with Crippen molar-refractivity contribution >= 4 is 5.97 Å². The maximum atomic E-state index is 11.5. The molecular weight excluding hydrogens is 190 g/mol. The highest BCUT2D eigenvalue weighted by atomic mass is 16.6. The van der Waals surface area contributed by atoms with Crippen molar-refractivity contribution in [3.63, 3.8) is 0 Å². The highest BCUT2D eigenvalue weighted by Crippen LogP contribution is 2.47. The van der Waals surface area contributed by atoms with E-state index < -0.39 is 0 Å². The predicted octanol–water partition coefficient (Wildman–Crippen LogP) is -0.178. The molecule has 3 nitrogen and oxygen atoms in total. The van der Waals surface area contributed by atoms with Gasteiger partial charge in [-0.3, -0.25) is 0 Å². The van der Waals surface area contributed by atoms with Crippen molar-refractivity contribution in [1.29, 1.82) is 0 Å². The lowest BCUT2D eigenvalue weighted by Crippen LogP contribution is -3.15. The van der Waals surface area contributed by atoms with E-state index >= 15 is 0 Å². The number of hydrogen-bond acceptors (Lipinski definition) is 2. The lowest BCUT2D eigenvalue weighted by molar-refractivity contribution is -0.925. The first kappa shape index (κ1) is 8.34. The van der Waals surface area contributed by atoms with Gasteiger partial charge < -0.3 is 9.64 Å². The van der Waals surface area contributed by atoms with Crippen molar-refractivity contribution in [2.24, 2.45) is 0 Å². The minimum Gasteiger partial charge on any atom is -0.445 e. The Morgan fingerprint density at radius 2 is 2.40 bits per heavy atom. The summed E-state index contributed by atoms with van der Waals surface area (Å²) < 4.78 is 5.71. The molecule has 2 bridgehead atoms. The Kier molecular flexibility index (Phi) is 1.37. The summed E-state index contributed by atoms with van der Waals surface area (Å²) >= 11 is 0. The summed E-state index contributed by atoms with van der Waals surface area (Å²) in [5.74, 6) is -0.0844. The Bertz CT molecular complexity index is 376. The molecule has 2 saturated heterocycles. The first-order valence-electron chi connectivity index (χ1n) is 6.09. The van der Waals surface area contributed by atoms with Crippen LogP contribution in [0.4, 0.5) is 0 Å². The molecule has 1 saturated carbocycles. The summed E-state index contributed by atoms with van der Waals surface area (Å²) in [7, 11) is 0. The predicted molar refractivity (Wildman–Crippen MR) is 53.4 cm³/mol. The third kappa shape index (κ3) is 0.842. The number of carbonyl (C=O) groups excluding carboxylic acids is 1. The Morgan fingerprint density at radius 1 is 1.47 bits per heavy atom. The topological polar surface area (TPSA) is 30.7 Å². The van der Waals surface area contributed by atoms with Gasteiger partial charge >= 0.3 is 5.97 Å². The largest absolute Gasteiger partial charge is 0.445 e. The first-order valence-corrected chi connectivity index (χ1v) is 6.09. The van der Waals surface area contributed by atoms with Gasteiger partial charge in [-0.1, -0.05) is 0 Å². The monoisotopic (exact) mass is 206 g/mol. The Labute approximate surface area is 89.1 Å². The first-order chi connectivity index (χ1) is 7.29. The molecule has 1 spiro atoms. The molecule has 4 rings (SSSR count). The second-order valence-electron chi connectivity index (χ2n) is 5.44. The number of quaternary nitrogens is 1. The van der Waals surface area contributed by atoms with Gasteiger partial charge in [-0.05, 0) is 12.0 Å². The van der Waals surface area contributed by atoms with Crippen LogP contribution in [-0.2, 0) is 9.53 Å². The Hall–Kier alpha value is -0.830. The fourth-order valence-electron chi connectivity index (χ4n) is 4.44. The van der Waals surface area contributed by atoms with Gasteiger partial charge in [0.15, 0.2) is 5.60 Å². The summed E-state index contributed by atoms with van der Waals surface area (Å²) in [4.78, 5) is 13.2. The molecule has 0 radical (unpaired) electrons. The third-order valence-corrected chi connectivity index (χ3v) is 4.92. The number of ether oxygens (including phenoxy) is 1. The lowest BCUT2D eigenvalue weighted by atomic mass is 9.78. The van der Waals surface area contributed by atoms with Crippen molar-refractivity contribution in [3.8, 4) is 0 Å². The fraction of sp³-hybridized carbons (Fsp3) is 0.750. The summed E-state index contributed by atoms with van der Waals surface area (Å²) in [6, 6.07) is 1.35. The van der Waals surface area contributed by atoms with Crippen LogP contribution in [0.5, 0.6) is 0 Å². The summed E-state index contributed by atoms with van der Waals surface area (Å²) in [5.41, 5.74) is 1.16. The maximum Gasteiger partial charge on any atom is 0.331 e. The fourth-order valence-corrected chi connectivity index (χ4v) is 4.44. The number of rotatable bonds is 0. The van der Waals surface area contributed by atoms with Gasteiger partial charge in [-0.25, -0.2) is 4.79 Å². The second-order valence-corrected chi connectivity index (χ2v) is 5.44. The van der Waals surface area contributed by atoms with Gasteiger partial charge in [-0.2, -0.15) is 0 Å². The Morgan fingerprint density at radius 3 is 3.33 bits per heavy atom. The van der Waals surface area contributed by atoms with Crippen LogP contribution in [0.1, 0.15) is 32.1 Å². The number of fused-ring (bicyclic) bond motifs is 3. The molecule has 4 atom stereocenters. The maximum absolute atomic E-state index is 11.5. The van der Waals surface area contributed by atoms with Crippen LogP contribution in [0, 0.1) is 0 Å². The number of nitrogens with one attached hydrogen (secondary N) is 1. The van der Waals surface area contributed by atoms with E-state index in [9.17, 15) is 4.79 Å². The highest BCUT2D eigenvalue weighted by molar-refractivity contribution is 5.87. The standard InChI is InChI=1S/C12H15NO2/c14-11-6-8-3-4-9-7-12(8,15-11)10-2-1-5-13(9)10/h6,9-10H,1-5,7H2/p+1. The van der Waals surface area contributed by atoms with E-state index in [0.29, 0.717) is 6.04 Å². The van der Waals surface area contributed by atoms with Crippen molar-refractivity contribution in [2.45, 2.75) is 49.8 Å². The van der Waals surface area contributed by atoms with E-state index in [0.717, 1.165) is 18.9 Å². The zero-order valence-electron chi connectivity index (χ0n) is 8.79. The molecule has 0 aromatic heterocycles. The zero-order chi connectivity index (χ0) is 10.0. The summed E-state index contributed by atoms with van der Waals surface area (Å²) in [6.07, 6.45) is 7.79. The van der Waals surface area contributed by atoms with E-state index in [1.165, 1.54) is 31.4 Å². The van der Waals surface area contributed by atoms with Gasteiger partial charge in [0.05, 0.1) is 12.6 Å². The summed E-state index contributed by atoms with van der Waals surface area (Å²) in [5, 5.41) is 0.